The van der Waals surface area contributed by atoms with E-state index in [-0.39, 0.29) is 18.5 Å². The van der Waals surface area contributed by atoms with E-state index in [4.69, 9.17) is 11.6 Å². The van der Waals surface area contributed by atoms with Crippen LogP contribution in [0.3, 0.4) is 0 Å². The molecule has 1 aromatic carbocycles. The number of halogens is 4. The van der Waals surface area contributed by atoms with Gasteiger partial charge in [0, 0.05) is 37.4 Å². The van der Waals surface area contributed by atoms with E-state index in [0.717, 1.165) is 17.8 Å². The van der Waals surface area contributed by atoms with Crippen LogP contribution in [-0.4, -0.2) is 48.5 Å². The maximum atomic E-state index is 12.6. The van der Waals surface area contributed by atoms with E-state index < -0.39 is 11.7 Å². The normalized spacial score (nSPS) is 16.5. The van der Waals surface area contributed by atoms with Gasteiger partial charge in [0.05, 0.1) is 18.2 Å². The molecule has 156 valence electrons. The maximum Gasteiger partial charge on any atom is 0.417 e. The molecule has 0 bridgehead atoms. The summed E-state index contributed by atoms with van der Waals surface area (Å²) < 4.78 is 37.9. The quantitative estimate of drug-likeness (QED) is 0.791. The summed E-state index contributed by atoms with van der Waals surface area (Å²) in [6.45, 7) is 4.63. The van der Waals surface area contributed by atoms with Gasteiger partial charge in [-0.2, -0.15) is 13.2 Å². The van der Waals surface area contributed by atoms with Crippen molar-refractivity contribution in [3.63, 3.8) is 0 Å². The first-order valence-corrected chi connectivity index (χ1v) is 9.65. The number of piperazine rings is 1. The highest BCUT2D eigenvalue weighted by Gasteiger charge is 2.31. The van der Waals surface area contributed by atoms with Crippen LogP contribution in [-0.2, 0) is 11.0 Å². The Morgan fingerprint density at radius 3 is 2.34 bits per heavy atom. The Kier molecular flexibility index (Phi) is 6.64. The molecule has 0 spiro atoms. The zero-order valence-corrected chi connectivity index (χ0v) is 16.7. The highest BCUT2D eigenvalue weighted by Crippen LogP contribution is 2.29. The molecule has 9 heteroatoms. The summed E-state index contributed by atoms with van der Waals surface area (Å²) in [5.74, 6) is 0.437. The number of nitrogens with one attached hydrogen (secondary N) is 1. The van der Waals surface area contributed by atoms with Crippen LogP contribution in [0.2, 0.25) is 5.02 Å². The van der Waals surface area contributed by atoms with Crippen molar-refractivity contribution in [1.82, 2.24) is 15.2 Å². The minimum atomic E-state index is -4.39. The Bertz CT molecular complexity index is 819. The van der Waals surface area contributed by atoms with Crippen LogP contribution >= 0.6 is 11.6 Å². The summed E-state index contributed by atoms with van der Waals surface area (Å²) in [5, 5.41) is 3.62. The Morgan fingerprint density at radius 2 is 1.79 bits per heavy atom. The molecule has 1 aromatic heterocycles. The molecule has 1 N–H and O–H groups in total. The maximum absolute atomic E-state index is 12.6. The summed E-state index contributed by atoms with van der Waals surface area (Å²) in [4.78, 5) is 20.2. The average Bonchev–Trinajstić information content (AvgIpc) is 2.68. The minimum absolute atomic E-state index is 0.0754. The van der Waals surface area contributed by atoms with Gasteiger partial charge in [-0.3, -0.25) is 9.69 Å². The first kappa shape index (κ1) is 21.4. The van der Waals surface area contributed by atoms with Gasteiger partial charge in [-0.25, -0.2) is 4.98 Å². The Labute approximate surface area is 172 Å². The molecule has 1 aliphatic heterocycles. The summed E-state index contributed by atoms with van der Waals surface area (Å²) in [7, 11) is 0. The lowest BCUT2D eigenvalue weighted by atomic mass is 10.1. The Hall–Kier alpha value is -2.32. The van der Waals surface area contributed by atoms with Crippen molar-refractivity contribution in [2.45, 2.75) is 19.1 Å². The Balaban J connectivity index is 1.46. The van der Waals surface area contributed by atoms with E-state index in [1.165, 1.54) is 6.07 Å². The van der Waals surface area contributed by atoms with Crippen molar-refractivity contribution >= 4 is 23.3 Å². The Morgan fingerprint density at radius 1 is 1.14 bits per heavy atom. The highest BCUT2D eigenvalue weighted by molar-refractivity contribution is 6.30. The number of nitrogens with zero attached hydrogens (tertiary/aromatic N) is 3. The van der Waals surface area contributed by atoms with Crippen molar-refractivity contribution in [2.24, 2.45) is 0 Å². The minimum Gasteiger partial charge on any atom is -0.354 e. The van der Waals surface area contributed by atoms with Crippen molar-refractivity contribution in [3.8, 4) is 0 Å². The molecular formula is C20H22ClF3N4O. The van der Waals surface area contributed by atoms with Gasteiger partial charge in [-0.15, -0.1) is 0 Å². The molecule has 1 unspecified atom stereocenters. The fourth-order valence-electron chi connectivity index (χ4n) is 3.20. The molecule has 2 heterocycles. The second-order valence-corrected chi connectivity index (χ2v) is 7.44. The SMILES string of the molecule is CC(NC(=O)CN1CCN(c2ccc(C(F)(F)F)cn2)CC1)c1ccc(Cl)cc1. The molecule has 1 fully saturated rings. The zero-order chi connectivity index (χ0) is 21.0. The van der Waals surface area contributed by atoms with Gasteiger partial charge in [0.2, 0.25) is 5.91 Å². The number of pyridine rings is 1. The lowest BCUT2D eigenvalue weighted by molar-refractivity contribution is -0.137. The van der Waals surface area contributed by atoms with Crippen LogP contribution in [0.4, 0.5) is 19.0 Å². The van der Waals surface area contributed by atoms with Gasteiger partial charge in [-0.05, 0) is 36.8 Å². The third-order valence-electron chi connectivity index (χ3n) is 4.89. The number of anilines is 1. The molecule has 2 aromatic rings. The molecule has 1 atom stereocenters. The van der Waals surface area contributed by atoms with Crippen LogP contribution in [0.1, 0.15) is 24.1 Å². The van der Waals surface area contributed by atoms with Crippen LogP contribution in [0.25, 0.3) is 0 Å². The van der Waals surface area contributed by atoms with Crippen molar-refractivity contribution in [1.29, 1.82) is 0 Å². The van der Waals surface area contributed by atoms with E-state index in [0.29, 0.717) is 37.0 Å². The van der Waals surface area contributed by atoms with Gasteiger partial charge in [0.15, 0.2) is 0 Å². The van der Waals surface area contributed by atoms with Crippen molar-refractivity contribution < 1.29 is 18.0 Å². The first-order valence-electron chi connectivity index (χ1n) is 9.28. The summed E-state index contributed by atoms with van der Waals surface area (Å²) in [5.41, 5.74) is 0.215. The van der Waals surface area contributed by atoms with Crippen LogP contribution in [0.5, 0.6) is 0 Å². The number of benzene rings is 1. The van der Waals surface area contributed by atoms with Gasteiger partial charge < -0.3 is 10.2 Å². The molecule has 1 saturated heterocycles. The smallest absolute Gasteiger partial charge is 0.354 e. The monoisotopic (exact) mass is 426 g/mol. The zero-order valence-electron chi connectivity index (χ0n) is 15.9. The number of rotatable bonds is 5. The molecule has 1 amide bonds. The van der Waals surface area contributed by atoms with E-state index in [1.807, 2.05) is 28.9 Å². The van der Waals surface area contributed by atoms with Crippen LogP contribution < -0.4 is 10.2 Å². The van der Waals surface area contributed by atoms with Crippen molar-refractivity contribution in [2.75, 3.05) is 37.6 Å². The van der Waals surface area contributed by atoms with E-state index >= 15 is 0 Å². The largest absolute Gasteiger partial charge is 0.417 e. The van der Waals surface area contributed by atoms with Crippen LogP contribution in [0.15, 0.2) is 42.6 Å². The molecule has 0 aliphatic carbocycles. The number of hydrogen-bond donors (Lipinski definition) is 1. The predicted molar refractivity (Wildman–Crippen MR) is 106 cm³/mol. The summed E-state index contributed by atoms with van der Waals surface area (Å²) in [6.07, 6.45) is -3.53. The molecule has 0 radical (unpaired) electrons. The predicted octanol–water partition coefficient (Wildman–Crippen LogP) is 3.75. The molecule has 29 heavy (non-hydrogen) atoms. The fourth-order valence-corrected chi connectivity index (χ4v) is 3.33. The number of carbonyl (C=O) groups excluding carboxylic acids is 1. The molecular weight excluding hydrogens is 405 g/mol. The fraction of sp³-hybridized carbons (Fsp3) is 0.400. The third kappa shape index (κ3) is 5.83. The number of hydrogen-bond acceptors (Lipinski definition) is 4. The first-order chi connectivity index (χ1) is 13.7. The lowest BCUT2D eigenvalue weighted by Crippen LogP contribution is -2.49. The topological polar surface area (TPSA) is 48.5 Å². The van der Waals surface area contributed by atoms with E-state index in [9.17, 15) is 18.0 Å². The lowest BCUT2D eigenvalue weighted by Gasteiger charge is -2.35. The van der Waals surface area contributed by atoms with E-state index in [2.05, 4.69) is 10.3 Å². The number of aromatic nitrogens is 1. The van der Waals surface area contributed by atoms with E-state index in [1.54, 1.807) is 12.1 Å². The summed E-state index contributed by atoms with van der Waals surface area (Å²) in [6, 6.07) is 9.63. The number of carbonyl (C=O) groups is 1. The van der Waals surface area contributed by atoms with Crippen molar-refractivity contribution in [3.05, 3.63) is 58.7 Å². The molecule has 3 rings (SSSR count). The molecule has 5 nitrogen and oxygen atoms in total. The number of amides is 1. The standard InChI is InChI=1S/C20H22ClF3N4O/c1-14(15-2-5-17(21)6-3-15)26-19(29)13-27-8-10-28(11-9-27)18-7-4-16(12-25-18)20(22,23)24/h2-7,12,14H,8-11,13H2,1H3,(H,26,29). The molecule has 0 saturated carbocycles. The molecule has 1 aliphatic rings. The number of alkyl halides is 3. The van der Waals surface area contributed by atoms with Crippen LogP contribution in [0, 0.1) is 0 Å². The highest BCUT2D eigenvalue weighted by atomic mass is 35.5. The average molecular weight is 427 g/mol. The van der Waals surface area contributed by atoms with Gasteiger partial charge in [0.1, 0.15) is 5.82 Å². The van der Waals surface area contributed by atoms with Gasteiger partial charge in [0.25, 0.3) is 0 Å². The second kappa shape index (κ2) is 9.00. The van der Waals surface area contributed by atoms with Gasteiger partial charge in [-0.1, -0.05) is 23.7 Å². The van der Waals surface area contributed by atoms with Gasteiger partial charge >= 0.3 is 6.18 Å². The summed E-state index contributed by atoms with van der Waals surface area (Å²) >= 11 is 5.88. The third-order valence-corrected chi connectivity index (χ3v) is 5.14. The second-order valence-electron chi connectivity index (χ2n) is 7.01.